The molecule has 0 aromatic heterocycles. The molecule has 5 rings (SSSR count). The molecule has 2 aromatic rings. The molecule has 36 heavy (non-hydrogen) atoms. The Kier molecular flexibility index (Phi) is 6.75. The van der Waals surface area contributed by atoms with Crippen LogP contribution in [-0.4, -0.2) is 65.5 Å². The number of urea groups is 1. The van der Waals surface area contributed by atoms with E-state index in [1.54, 1.807) is 35.2 Å². The van der Waals surface area contributed by atoms with Gasteiger partial charge in [0.2, 0.25) is 5.91 Å². The number of imide groups is 1. The molecule has 0 radical (unpaired) electrons. The summed E-state index contributed by atoms with van der Waals surface area (Å²) in [6.07, 6.45) is 1.81. The molecule has 0 bridgehead atoms. The van der Waals surface area contributed by atoms with Gasteiger partial charge in [-0.25, -0.2) is 13.6 Å². The minimum absolute atomic E-state index is 0.0246. The van der Waals surface area contributed by atoms with Gasteiger partial charge >= 0.3 is 6.03 Å². The average Bonchev–Trinajstić information content (AvgIpc) is 3.48. The largest absolute Gasteiger partial charge is 0.379 e. The third-order valence-corrected chi connectivity index (χ3v) is 7.66. The van der Waals surface area contributed by atoms with E-state index in [4.69, 9.17) is 4.74 Å². The number of nitrogens with zero attached hydrogens (tertiary/aromatic N) is 2. The summed E-state index contributed by atoms with van der Waals surface area (Å²) in [4.78, 5) is 42.8. The van der Waals surface area contributed by atoms with Crippen molar-refractivity contribution in [3.63, 3.8) is 0 Å². The van der Waals surface area contributed by atoms with Crippen molar-refractivity contribution in [1.29, 1.82) is 0 Å². The minimum Gasteiger partial charge on any atom is -0.379 e. The number of amides is 4. The Morgan fingerprint density at radius 3 is 2.42 bits per heavy atom. The maximum Gasteiger partial charge on any atom is 0.325 e. The second kappa shape index (κ2) is 9.97. The van der Waals surface area contributed by atoms with Crippen LogP contribution in [0.1, 0.15) is 30.4 Å². The number of ether oxygens (including phenoxy) is 1. The van der Waals surface area contributed by atoms with Gasteiger partial charge in [-0.3, -0.25) is 14.5 Å². The van der Waals surface area contributed by atoms with Crippen LogP contribution in [-0.2, 0) is 27.2 Å². The van der Waals surface area contributed by atoms with Crippen LogP contribution < -0.4 is 5.32 Å². The number of likely N-dealkylation sites (tertiary alicyclic amines) is 1. The highest BCUT2D eigenvalue weighted by atomic mass is 19.1. The first kappa shape index (κ1) is 24.4. The van der Waals surface area contributed by atoms with Crippen LogP contribution in [0.3, 0.4) is 0 Å². The highest BCUT2D eigenvalue weighted by Gasteiger charge is 2.57. The first-order valence-corrected chi connectivity index (χ1v) is 12.4. The molecular formula is C27H29F2N3O4. The molecule has 4 amide bonds. The van der Waals surface area contributed by atoms with Gasteiger partial charge in [0.15, 0.2) is 0 Å². The fraction of sp³-hybridized carbons (Fsp3) is 0.444. The van der Waals surface area contributed by atoms with Gasteiger partial charge in [0.1, 0.15) is 17.2 Å². The van der Waals surface area contributed by atoms with Gasteiger partial charge in [-0.05, 0) is 54.5 Å². The van der Waals surface area contributed by atoms with Gasteiger partial charge < -0.3 is 15.0 Å². The number of rotatable bonds is 6. The van der Waals surface area contributed by atoms with Crippen molar-refractivity contribution >= 4 is 17.8 Å². The lowest BCUT2D eigenvalue weighted by atomic mass is 9.73. The van der Waals surface area contributed by atoms with E-state index in [2.05, 4.69) is 5.32 Å². The Bertz CT molecular complexity index is 1140. The summed E-state index contributed by atoms with van der Waals surface area (Å²) in [5, 5.41) is 3.00. The van der Waals surface area contributed by atoms with E-state index >= 15 is 0 Å². The monoisotopic (exact) mass is 497 g/mol. The summed E-state index contributed by atoms with van der Waals surface area (Å²) in [5.74, 6) is -1.46. The standard InChI is InChI=1S/C27H29F2N3O4/c28-21-7-5-18(6-8-21)16-27(25(34)32(26(35)30-27)22-11-14-36-17-22)20-9-12-31(13-10-20)24(33)15-19-3-1-2-4-23(19)29/h1-8,20,22H,9-17H2,(H,30,35)/t22-,27-/m1/s1. The lowest BCUT2D eigenvalue weighted by Crippen LogP contribution is -2.58. The molecule has 3 heterocycles. The maximum absolute atomic E-state index is 14.0. The summed E-state index contributed by atoms with van der Waals surface area (Å²) in [5.41, 5.74) is -0.0873. The Hall–Kier alpha value is -3.33. The number of hydrogen-bond donors (Lipinski definition) is 1. The van der Waals surface area contributed by atoms with Crippen molar-refractivity contribution in [3.8, 4) is 0 Å². The molecule has 3 aliphatic heterocycles. The second-order valence-corrected chi connectivity index (χ2v) is 9.82. The Balaban J connectivity index is 1.35. The quantitative estimate of drug-likeness (QED) is 0.623. The maximum atomic E-state index is 14.0. The van der Waals surface area contributed by atoms with Crippen LogP contribution in [0.15, 0.2) is 48.5 Å². The summed E-state index contributed by atoms with van der Waals surface area (Å²) in [7, 11) is 0. The zero-order valence-electron chi connectivity index (χ0n) is 19.9. The Morgan fingerprint density at radius 2 is 1.75 bits per heavy atom. The second-order valence-electron chi connectivity index (χ2n) is 9.82. The summed E-state index contributed by atoms with van der Waals surface area (Å²) in [6, 6.07) is 11.4. The third-order valence-electron chi connectivity index (χ3n) is 7.66. The van der Waals surface area contributed by atoms with Crippen molar-refractivity contribution in [2.75, 3.05) is 26.3 Å². The zero-order chi connectivity index (χ0) is 25.3. The van der Waals surface area contributed by atoms with E-state index in [1.165, 1.54) is 23.1 Å². The molecule has 1 N–H and O–H groups in total. The number of nitrogens with one attached hydrogen (secondary N) is 1. The molecule has 0 unspecified atom stereocenters. The first-order chi connectivity index (χ1) is 17.4. The van der Waals surface area contributed by atoms with Gasteiger partial charge in [-0.2, -0.15) is 0 Å². The van der Waals surface area contributed by atoms with E-state index in [0.29, 0.717) is 51.1 Å². The van der Waals surface area contributed by atoms with E-state index < -0.39 is 17.4 Å². The third kappa shape index (κ3) is 4.59. The average molecular weight is 498 g/mol. The Labute approximate surface area is 208 Å². The molecule has 0 aliphatic carbocycles. The Morgan fingerprint density at radius 1 is 1.03 bits per heavy atom. The van der Waals surface area contributed by atoms with Gasteiger partial charge in [-0.1, -0.05) is 30.3 Å². The smallest absolute Gasteiger partial charge is 0.325 e. The number of piperidine rings is 1. The van der Waals surface area contributed by atoms with Gasteiger partial charge in [-0.15, -0.1) is 0 Å². The van der Waals surface area contributed by atoms with Crippen LogP contribution in [0.5, 0.6) is 0 Å². The summed E-state index contributed by atoms with van der Waals surface area (Å²) >= 11 is 0. The molecule has 2 atom stereocenters. The molecule has 3 saturated heterocycles. The van der Waals surface area contributed by atoms with Crippen molar-refractivity contribution in [1.82, 2.24) is 15.1 Å². The van der Waals surface area contributed by atoms with Crippen LogP contribution in [0.2, 0.25) is 0 Å². The predicted molar refractivity (Wildman–Crippen MR) is 127 cm³/mol. The molecule has 2 aromatic carbocycles. The lowest BCUT2D eigenvalue weighted by molar-refractivity contribution is -0.137. The van der Waals surface area contributed by atoms with Crippen molar-refractivity contribution in [2.24, 2.45) is 5.92 Å². The predicted octanol–water partition coefficient (Wildman–Crippen LogP) is 3.07. The van der Waals surface area contributed by atoms with Gasteiger partial charge in [0.25, 0.3) is 5.91 Å². The van der Waals surface area contributed by atoms with Crippen LogP contribution in [0.4, 0.5) is 13.6 Å². The molecule has 0 saturated carbocycles. The molecule has 0 spiro atoms. The SMILES string of the molecule is O=C(Cc1ccccc1F)N1CCC([C@@]2(Cc3ccc(F)cc3)NC(=O)N([C@@H]3CCOC3)C2=O)CC1. The number of benzene rings is 2. The van der Waals surface area contributed by atoms with E-state index in [-0.39, 0.29) is 42.4 Å². The first-order valence-electron chi connectivity index (χ1n) is 12.4. The van der Waals surface area contributed by atoms with Crippen molar-refractivity contribution in [2.45, 2.75) is 43.7 Å². The van der Waals surface area contributed by atoms with Gasteiger partial charge in [0, 0.05) is 26.1 Å². The highest BCUT2D eigenvalue weighted by molar-refractivity contribution is 6.07. The van der Waals surface area contributed by atoms with E-state index in [9.17, 15) is 23.2 Å². The topological polar surface area (TPSA) is 79.0 Å². The van der Waals surface area contributed by atoms with Crippen LogP contribution >= 0.6 is 0 Å². The highest BCUT2D eigenvalue weighted by Crippen LogP contribution is 2.38. The molecule has 9 heteroatoms. The van der Waals surface area contributed by atoms with E-state index in [1.807, 2.05) is 0 Å². The lowest BCUT2D eigenvalue weighted by Gasteiger charge is -2.41. The minimum atomic E-state index is -1.18. The normalized spacial score (nSPS) is 24.9. The van der Waals surface area contributed by atoms with Crippen molar-refractivity contribution in [3.05, 3.63) is 71.3 Å². The fourth-order valence-corrected chi connectivity index (χ4v) is 5.67. The number of hydrogen-bond acceptors (Lipinski definition) is 4. The molecular weight excluding hydrogens is 468 g/mol. The van der Waals surface area contributed by atoms with E-state index in [0.717, 1.165) is 5.56 Å². The number of carbonyl (C=O) groups is 3. The number of carbonyl (C=O) groups excluding carboxylic acids is 3. The summed E-state index contributed by atoms with van der Waals surface area (Å²) < 4.78 is 33.0. The summed E-state index contributed by atoms with van der Waals surface area (Å²) in [6.45, 7) is 1.61. The van der Waals surface area contributed by atoms with Crippen LogP contribution in [0, 0.1) is 17.6 Å². The fourth-order valence-electron chi connectivity index (χ4n) is 5.67. The van der Waals surface area contributed by atoms with Gasteiger partial charge in [0.05, 0.1) is 19.1 Å². The zero-order valence-corrected chi connectivity index (χ0v) is 19.9. The molecule has 190 valence electrons. The molecule has 3 fully saturated rings. The van der Waals surface area contributed by atoms with Crippen LogP contribution in [0.25, 0.3) is 0 Å². The number of halogens is 2. The molecule has 3 aliphatic rings. The van der Waals surface area contributed by atoms with Crippen molar-refractivity contribution < 1.29 is 27.9 Å². The molecule has 7 nitrogen and oxygen atoms in total.